The largest absolute Gasteiger partial charge is 0.338 e. The molecule has 0 bridgehead atoms. The molecule has 1 amide bonds. The van der Waals surface area contributed by atoms with Crippen LogP contribution in [0.5, 0.6) is 0 Å². The molecule has 2 heteroatoms. The first-order valence-corrected chi connectivity index (χ1v) is 6.74. The highest BCUT2D eigenvalue weighted by molar-refractivity contribution is 5.77. The molecule has 0 atom stereocenters. The number of hydrogen-bond acceptors (Lipinski definition) is 1. The highest BCUT2D eigenvalue weighted by atomic mass is 16.2. The maximum Gasteiger partial charge on any atom is 0.223 e. The molecule has 2 nitrogen and oxygen atoms in total. The molecule has 17 heavy (non-hydrogen) atoms. The molecule has 0 aliphatic rings. The summed E-state index contributed by atoms with van der Waals surface area (Å²) in [6, 6.07) is 0. The monoisotopic (exact) mass is 241 g/mol. The third-order valence-corrected chi connectivity index (χ3v) is 2.78. The van der Waals surface area contributed by atoms with Crippen molar-refractivity contribution in [3.05, 3.63) is 0 Å². The van der Waals surface area contributed by atoms with Crippen LogP contribution in [0.25, 0.3) is 0 Å². The molecule has 0 unspecified atom stereocenters. The van der Waals surface area contributed by atoms with Crippen LogP contribution in [0.2, 0.25) is 0 Å². The zero-order valence-electron chi connectivity index (χ0n) is 13.1. The molecule has 0 aliphatic carbocycles. The summed E-state index contributed by atoms with van der Waals surface area (Å²) in [4.78, 5) is 14.3. The standard InChI is InChI=1S/C15H31NO/c1-12(2)11-13(17)16(15(6,7)8)10-9-14(3,4)5/h12H,9-11H2,1-8H3. The minimum absolute atomic E-state index is 0.0722. The van der Waals surface area contributed by atoms with Gasteiger partial charge in [-0.3, -0.25) is 4.79 Å². The normalized spacial score (nSPS) is 13.0. The average Bonchev–Trinajstić information content (AvgIpc) is 1.96. The van der Waals surface area contributed by atoms with E-state index in [0.29, 0.717) is 12.3 Å². The first-order valence-electron chi connectivity index (χ1n) is 6.74. The van der Waals surface area contributed by atoms with Gasteiger partial charge in [-0.25, -0.2) is 0 Å². The zero-order chi connectivity index (χ0) is 13.9. The molecule has 0 rings (SSSR count). The van der Waals surface area contributed by atoms with Gasteiger partial charge >= 0.3 is 0 Å². The molecule has 0 radical (unpaired) electrons. The first kappa shape index (κ1) is 16.5. The molecular formula is C15H31NO. The van der Waals surface area contributed by atoms with Crippen molar-refractivity contribution in [2.24, 2.45) is 11.3 Å². The van der Waals surface area contributed by atoms with E-state index < -0.39 is 0 Å². The van der Waals surface area contributed by atoms with E-state index >= 15 is 0 Å². The molecule has 0 saturated heterocycles. The Labute approximate surface area is 108 Å². The van der Waals surface area contributed by atoms with Gasteiger partial charge in [0.1, 0.15) is 0 Å². The van der Waals surface area contributed by atoms with E-state index in [2.05, 4.69) is 55.4 Å². The topological polar surface area (TPSA) is 20.3 Å². The highest BCUT2D eigenvalue weighted by Crippen LogP contribution is 2.23. The Morgan fingerprint density at radius 2 is 1.53 bits per heavy atom. The second kappa shape index (κ2) is 5.88. The van der Waals surface area contributed by atoms with Gasteiger partial charge in [-0.05, 0) is 38.5 Å². The van der Waals surface area contributed by atoms with E-state index in [-0.39, 0.29) is 16.9 Å². The highest BCUT2D eigenvalue weighted by Gasteiger charge is 2.27. The molecule has 102 valence electrons. The lowest BCUT2D eigenvalue weighted by Gasteiger charge is -2.38. The lowest BCUT2D eigenvalue weighted by atomic mass is 9.91. The molecule has 0 N–H and O–H groups in total. The lowest BCUT2D eigenvalue weighted by Crippen LogP contribution is -2.47. The predicted octanol–water partition coefficient (Wildman–Crippen LogP) is 4.10. The van der Waals surface area contributed by atoms with Crippen LogP contribution in [-0.4, -0.2) is 22.9 Å². The Morgan fingerprint density at radius 3 is 1.82 bits per heavy atom. The van der Waals surface area contributed by atoms with Crippen LogP contribution in [0.1, 0.15) is 68.2 Å². The summed E-state index contributed by atoms with van der Waals surface area (Å²) in [7, 11) is 0. The molecule has 0 heterocycles. The zero-order valence-corrected chi connectivity index (χ0v) is 13.1. The second-order valence-electron chi connectivity index (χ2n) is 7.62. The van der Waals surface area contributed by atoms with Gasteiger partial charge in [0, 0.05) is 18.5 Å². The Balaban J connectivity index is 4.62. The van der Waals surface area contributed by atoms with Crippen molar-refractivity contribution >= 4 is 5.91 Å². The van der Waals surface area contributed by atoms with Crippen molar-refractivity contribution in [2.75, 3.05) is 6.54 Å². The summed E-state index contributed by atoms with van der Waals surface area (Å²) in [5.41, 5.74) is 0.207. The fourth-order valence-electron chi connectivity index (χ4n) is 1.74. The first-order chi connectivity index (χ1) is 7.43. The SMILES string of the molecule is CC(C)CC(=O)N(CCC(C)(C)C)C(C)(C)C. The van der Waals surface area contributed by atoms with E-state index in [1.807, 2.05) is 4.90 Å². The summed E-state index contributed by atoms with van der Waals surface area (Å²) >= 11 is 0. The van der Waals surface area contributed by atoms with Gasteiger partial charge in [0.2, 0.25) is 5.91 Å². The molecule has 0 aromatic carbocycles. The van der Waals surface area contributed by atoms with Crippen LogP contribution in [0.4, 0.5) is 0 Å². The van der Waals surface area contributed by atoms with E-state index in [1.165, 1.54) is 0 Å². The number of carbonyl (C=O) groups is 1. The Bertz CT molecular complexity index is 243. The van der Waals surface area contributed by atoms with Gasteiger partial charge in [0.15, 0.2) is 0 Å². The minimum Gasteiger partial charge on any atom is -0.338 e. The number of carbonyl (C=O) groups excluding carboxylic acids is 1. The summed E-state index contributed by atoms with van der Waals surface area (Å²) in [6.45, 7) is 18.1. The number of hydrogen-bond donors (Lipinski definition) is 0. The van der Waals surface area contributed by atoms with E-state index in [1.54, 1.807) is 0 Å². The third kappa shape index (κ3) is 7.40. The fraction of sp³-hybridized carbons (Fsp3) is 0.933. The maximum absolute atomic E-state index is 12.2. The van der Waals surface area contributed by atoms with Crippen LogP contribution < -0.4 is 0 Å². The van der Waals surface area contributed by atoms with Crippen LogP contribution in [0, 0.1) is 11.3 Å². The fourth-order valence-corrected chi connectivity index (χ4v) is 1.74. The summed E-state index contributed by atoms with van der Waals surface area (Å²) < 4.78 is 0. The van der Waals surface area contributed by atoms with Gasteiger partial charge in [0.05, 0.1) is 0 Å². The summed E-state index contributed by atoms with van der Waals surface area (Å²) in [6.07, 6.45) is 1.70. The van der Waals surface area contributed by atoms with Crippen LogP contribution >= 0.6 is 0 Å². The van der Waals surface area contributed by atoms with Crippen molar-refractivity contribution in [2.45, 2.75) is 73.8 Å². The smallest absolute Gasteiger partial charge is 0.223 e. The van der Waals surface area contributed by atoms with Crippen molar-refractivity contribution in [1.82, 2.24) is 4.90 Å². The lowest BCUT2D eigenvalue weighted by molar-refractivity contribution is -0.137. The van der Waals surface area contributed by atoms with Gasteiger partial charge < -0.3 is 4.90 Å². The molecule has 0 fully saturated rings. The maximum atomic E-state index is 12.2. The van der Waals surface area contributed by atoms with Crippen molar-refractivity contribution < 1.29 is 4.79 Å². The molecule has 0 saturated carbocycles. The molecule has 0 aromatic heterocycles. The van der Waals surface area contributed by atoms with Crippen LogP contribution in [0.15, 0.2) is 0 Å². The van der Waals surface area contributed by atoms with Crippen LogP contribution in [-0.2, 0) is 4.79 Å². The van der Waals surface area contributed by atoms with Gasteiger partial charge in [-0.15, -0.1) is 0 Å². The van der Waals surface area contributed by atoms with Gasteiger partial charge in [0.25, 0.3) is 0 Å². The van der Waals surface area contributed by atoms with E-state index in [9.17, 15) is 4.79 Å². The average molecular weight is 241 g/mol. The molecule has 0 aliphatic heterocycles. The summed E-state index contributed by atoms with van der Waals surface area (Å²) in [5, 5.41) is 0. The van der Waals surface area contributed by atoms with Crippen molar-refractivity contribution in [3.8, 4) is 0 Å². The number of amides is 1. The Hall–Kier alpha value is -0.530. The quantitative estimate of drug-likeness (QED) is 0.726. The molecule has 0 aromatic rings. The number of rotatable bonds is 4. The van der Waals surface area contributed by atoms with Gasteiger partial charge in [-0.1, -0.05) is 34.6 Å². The van der Waals surface area contributed by atoms with E-state index in [4.69, 9.17) is 0 Å². The summed E-state index contributed by atoms with van der Waals surface area (Å²) in [5.74, 6) is 0.721. The van der Waals surface area contributed by atoms with Crippen molar-refractivity contribution in [3.63, 3.8) is 0 Å². The molecular weight excluding hydrogens is 210 g/mol. The third-order valence-electron chi connectivity index (χ3n) is 2.78. The number of nitrogens with zero attached hydrogens (tertiary/aromatic N) is 1. The van der Waals surface area contributed by atoms with Crippen LogP contribution in [0.3, 0.4) is 0 Å². The Kier molecular flexibility index (Phi) is 5.70. The van der Waals surface area contributed by atoms with E-state index in [0.717, 1.165) is 13.0 Å². The van der Waals surface area contributed by atoms with Crippen molar-refractivity contribution in [1.29, 1.82) is 0 Å². The predicted molar refractivity (Wildman–Crippen MR) is 75.0 cm³/mol. The molecule has 0 spiro atoms. The minimum atomic E-state index is -0.0722. The Morgan fingerprint density at radius 1 is 1.06 bits per heavy atom. The second-order valence-corrected chi connectivity index (χ2v) is 7.62. The van der Waals surface area contributed by atoms with Gasteiger partial charge in [-0.2, -0.15) is 0 Å².